The number of nitriles is 1. The Labute approximate surface area is 124 Å². The molecule has 0 atom stereocenters. The molecule has 0 saturated carbocycles. The minimum atomic E-state index is -4.52. The lowest BCUT2D eigenvalue weighted by Crippen LogP contribution is -2.11. The van der Waals surface area contributed by atoms with Crippen LogP contribution in [0.3, 0.4) is 0 Å². The summed E-state index contributed by atoms with van der Waals surface area (Å²) in [6.07, 6.45) is -4.52. The Balaban J connectivity index is 2.23. The van der Waals surface area contributed by atoms with Crippen molar-refractivity contribution in [2.45, 2.75) is 12.7 Å². The van der Waals surface area contributed by atoms with Gasteiger partial charge in [-0.1, -0.05) is 23.7 Å². The summed E-state index contributed by atoms with van der Waals surface area (Å²) in [6, 6.07) is 11.9. The van der Waals surface area contributed by atoms with Gasteiger partial charge in [-0.05, 0) is 35.9 Å². The van der Waals surface area contributed by atoms with Gasteiger partial charge in [-0.3, -0.25) is 0 Å². The van der Waals surface area contributed by atoms with Crippen LogP contribution in [-0.2, 0) is 12.7 Å². The number of nitrogens with one attached hydrogen (secondary N) is 1. The highest BCUT2D eigenvalue weighted by Crippen LogP contribution is 2.35. The van der Waals surface area contributed by atoms with E-state index in [-0.39, 0.29) is 17.8 Å². The van der Waals surface area contributed by atoms with Gasteiger partial charge in [-0.15, -0.1) is 0 Å². The van der Waals surface area contributed by atoms with Crippen molar-refractivity contribution in [3.05, 3.63) is 64.2 Å². The van der Waals surface area contributed by atoms with E-state index in [2.05, 4.69) is 5.32 Å². The molecular weight excluding hydrogens is 301 g/mol. The normalized spacial score (nSPS) is 11.0. The molecule has 0 aromatic heterocycles. The van der Waals surface area contributed by atoms with Crippen molar-refractivity contribution < 1.29 is 13.2 Å². The molecule has 21 heavy (non-hydrogen) atoms. The minimum absolute atomic E-state index is 0.0284. The van der Waals surface area contributed by atoms with Crippen LogP contribution in [0.15, 0.2) is 42.5 Å². The number of hydrogen-bond donors (Lipinski definition) is 1. The fourth-order valence-corrected chi connectivity index (χ4v) is 1.93. The average molecular weight is 311 g/mol. The molecule has 0 bridgehead atoms. The van der Waals surface area contributed by atoms with Crippen molar-refractivity contribution in [2.24, 2.45) is 0 Å². The third-order valence-corrected chi connectivity index (χ3v) is 3.10. The molecular formula is C15H10ClF3N2. The van der Waals surface area contributed by atoms with Gasteiger partial charge < -0.3 is 5.32 Å². The van der Waals surface area contributed by atoms with E-state index in [0.29, 0.717) is 5.02 Å². The number of rotatable bonds is 3. The Morgan fingerprint density at radius 2 is 1.76 bits per heavy atom. The summed E-state index contributed by atoms with van der Waals surface area (Å²) in [7, 11) is 0. The molecule has 0 spiro atoms. The number of hydrogen-bond acceptors (Lipinski definition) is 2. The van der Waals surface area contributed by atoms with Crippen LogP contribution >= 0.6 is 11.6 Å². The van der Waals surface area contributed by atoms with Crippen LogP contribution < -0.4 is 5.32 Å². The largest absolute Gasteiger partial charge is 0.418 e. The smallest absolute Gasteiger partial charge is 0.380 e. The van der Waals surface area contributed by atoms with E-state index in [4.69, 9.17) is 16.9 Å². The van der Waals surface area contributed by atoms with Crippen molar-refractivity contribution in [1.82, 2.24) is 0 Å². The second-order valence-corrected chi connectivity index (χ2v) is 4.79. The molecule has 0 radical (unpaired) electrons. The van der Waals surface area contributed by atoms with Crippen LogP contribution in [0.25, 0.3) is 0 Å². The molecule has 1 N–H and O–H groups in total. The van der Waals surface area contributed by atoms with Gasteiger partial charge in [0.2, 0.25) is 0 Å². The molecule has 0 aliphatic rings. The van der Waals surface area contributed by atoms with E-state index in [0.717, 1.165) is 11.6 Å². The summed E-state index contributed by atoms with van der Waals surface area (Å²) in [5, 5.41) is 12.0. The third kappa shape index (κ3) is 3.89. The molecule has 6 heteroatoms. The average Bonchev–Trinajstić information content (AvgIpc) is 2.45. The molecule has 0 unspecified atom stereocenters. The molecule has 0 heterocycles. The molecule has 108 valence electrons. The first-order valence-electron chi connectivity index (χ1n) is 6.00. The van der Waals surface area contributed by atoms with Crippen LogP contribution in [0, 0.1) is 11.3 Å². The molecule has 0 aliphatic heterocycles. The van der Waals surface area contributed by atoms with Gasteiger partial charge in [-0.25, -0.2) is 0 Å². The highest BCUT2D eigenvalue weighted by Gasteiger charge is 2.33. The van der Waals surface area contributed by atoms with E-state index in [1.54, 1.807) is 30.3 Å². The summed E-state index contributed by atoms with van der Waals surface area (Å²) >= 11 is 5.75. The van der Waals surface area contributed by atoms with Crippen molar-refractivity contribution in [3.63, 3.8) is 0 Å². The maximum atomic E-state index is 13.0. The lowest BCUT2D eigenvalue weighted by Gasteiger charge is -2.15. The Morgan fingerprint density at radius 3 is 2.33 bits per heavy atom. The Hall–Kier alpha value is -2.19. The number of alkyl halides is 3. The van der Waals surface area contributed by atoms with Gasteiger partial charge in [0, 0.05) is 17.3 Å². The second kappa shape index (κ2) is 6.06. The van der Waals surface area contributed by atoms with E-state index in [1.807, 2.05) is 0 Å². The number of benzene rings is 2. The number of nitrogens with zero attached hydrogens (tertiary/aromatic N) is 1. The maximum Gasteiger partial charge on any atom is 0.418 e. The SMILES string of the molecule is N#Cc1ccc(NCc2ccc(Cl)cc2)c(C(F)(F)F)c1. The fourth-order valence-electron chi connectivity index (χ4n) is 1.80. The Bertz CT molecular complexity index is 673. The van der Waals surface area contributed by atoms with Gasteiger partial charge in [-0.2, -0.15) is 18.4 Å². The Morgan fingerprint density at radius 1 is 1.10 bits per heavy atom. The quantitative estimate of drug-likeness (QED) is 0.880. The summed E-state index contributed by atoms with van der Waals surface area (Å²) < 4.78 is 38.9. The molecule has 2 aromatic rings. The lowest BCUT2D eigenvalue weighted by atomic mass is 10.1. The number of anilines is 1. The van der Waals surface area contributed by atoms with Gasteiger partial charge in [0.05, 0.1) is 17.2 Å². The first kappa shape index (κ1) is 15.2. The number of halogens is 4. The summed E-state index contributed by atoms with van der Waals surface area (Å²) in [4.78, 5) is 0. The predicted octanol–water partition coefficient (Wildman–Crippen LogP) is 4.84. The molecule has 0 saturated heterocycles. The van der Waals surface area contributed by atoms with Gasteiger partial charge in [0.15, 0.2) is 0 Å². The van der Waals surface area contributed by atoms with Crippen LogP contribution in [0.5, 0.6) is 0 Å². The summed E-state index contributed by atoms with van der Waals surface area (Å²) in [5.74, 6) is 0. The molecule has 0 aliphatic carbocycles. The van der Waals surface area contributed by atoms with Crippen LogP contribution in [-0.4, -0.2) is 0 Å². The second-order valence-electron chi connectivity index (χ2n) is 4.35. The predicted molar refractivity (Wildman–Crippen MR) is 74.9 cm³/mol. The van der Waals surface area contributed by atoms with Crippen molar-refractivity contribution in [1.29, 1.82) is 5.26 Å². The van der Waals surface area contributed by atoms with E-state index >= 15 is 0 Å². The maximum absolute atomic E-state index is 13.0. The van der Waals surface area contributed by atoms with Crippen LogP contribution in [0.2, 0.25) is 5.02 Å². The first-order chi connectivity index (χ1) is 9.90. The molecule has 2 aromatic carbocycles. The Kier molecular flexibility index (Phi) is 4.39. The molecule has 0 fully saturated rings. The summed E-state index contributed by atoms with van der Waals surface area (Å²) in [5.41, 5.74) is -0.136. The zero-order valence-corrected chi connectivity index (χ0v) is 11.5. The van der Waals surface area contributed by atoms with E-state index in [1.165, 1.54) is 12.1 Å². The van der Waals surface area contributed by atoms with Crippen molar-refractivity contribution >= 4 is 17.3 Å². The first-order valence-corrected chi connectivity index (χ1v) is 6.37. The lowest BCUT2D eigenvalue weighted by molar-refractivity contribution is -0.137. The third-order valence-electron chi connectivity index (χ3n) is 2.85. The van der Waals surface area contributed by atoms with E-state index in [9.17, 15) is 13.2 Å². The summed E-state index contributed by atoms with van der Waals surface area (Å²) in [6.45, 7) is 0.228. The monoisotopic (exact) mass is 310 g/mol. The zero-order chi connectivity index (χ0) is 15.5. The topological polar surface area (TPSA) is 35.8 Å². The standard InChI is InChI=1S/C15H10ClF3N2/c16-12-4-1-10(2-5-12)9-21-14-6-3-11(8-20)7-13(14)15(17,18)19/h1-7,21H,9H2. The van der Waals surface area contributed by atoms with Crippen LogP contribution in [0.1, 0.15) is 16.7 Å². The van der Waals surface area contributed by atoms with Crippen molar-refractivity contribution in [2.75, 3.05) is 5.32 Å². The highest BCUT2D eigenvalue weighted by molar-refractivity contribution is 6.30. The fraction of sp³-hybridized carbons (Fsp3) is 0.133. The molecule has 2 rings (SSSR count). The zero-order valence-electron chi connectivity index (χ0n) is 10.7. The van der Waals surface area contributed by atoms with Gasteiger partial charge in [0.1, 0.15) is 0 Å². The van der Waals surface area contributed by atoms with Crippen molar-refractivity contribution in [3.8, 4) is 6.07 Å². The molecule has 2 nitrogen and oxygen atoms in total. The van der Waals surface area contributed by atoms with E-state index < -0.39 is 11.7 Å². The van der Waals surface area contributed by atoms with Gasteiger partial charge >= 0.3 is 6.18 Å². The van der Waals surface area contributed by atoms with Crippen LogP contribution in [0.4, 0.5) is 18.9 Å². The minimum Gasteiger partial charge on any atom is -0.380 e. The highest BCUT2D eigenvalue weighted by atomic mass is 35.5. The van der Waals surface area contributed by atoms with Gasteiger partial charge in [0.25, 0.3) is 0 Å². The molecule has 0 amide bonds.